The SMILES string of the molecule is CCCCCN(CCc1cnc[nH]1)CC1CNCCN1C(=O)OC(C)(C)C. The minimum Gasteiger partial charge on any atom is -0.444 e. The van der Waals surface area contributed by atoms with Crippen LogP contribution in [0.3, 0.4) is 0 Å². The Kier molecular flexibility index (Phi) is 8.57. The van der Waals surface area contributed by atoms with Crippen molar-refractivity contribution in [1.82, 2.24) is 25.1 Å². The van der Waals surface area contributed by atoms with Crippen LogP contribution in [0.25, 0.3) is 0 Å². The minimum absolute atomic E-state index is 0.136. The highest BCUT2D eigenvalue weighted by molar-refractivity contribution is 5.68. The number of aromatic amines is 1. The lowest BCUT2D eigenvalue weighted by molar-refractivity contribution is 0.00759. The van der Waals surface area contributed by atoms with E-state index in [-0.39, 0.29) is 12.1 Å². The molecule has 0 saturated carbocycles. The molecule has 1 fully saturated rings. The van der Waals surface area contributed by atoms with Crippen LogP contribution in [0.4, 0.5) is 4.79 Å². The molecule has 1 aromatic heterocycles. The molecule has 1 aromatic rings. The van der Waals surface area contributed by atoms with Crippen LogP contribution >= 0.6 is 0 Å². The molecule has 7 heteroatoms. The number of H-pyrrole nitrogens is 1. The van der Waals surface area contributed by atoms with E-state index in [2.05, 4.69) is 27.1 Å². The predicted molar refractivity (Wildman–Crippen MR) is 108 cm³/mol. The largest absolute Gasteiger partial charge is 0.444 e. The number of carbonyl (C=O) groups excluding carboxylic acids is 1. The smallest absolute Gasteiger partial charge is 0.410 e. The van der Waals surface area contributed by atoms with Crippen LogP contribution in [0.2, 0.25) is 0 Å². The zero-order valence-corrected chi connectivity index (χ0v) is 17.5. The highest BCUT2D eigenvalue weighted by Crippen LogP contribution is 2.15. The van der Waals surface area contributed by atoms with Crippen molar-refractivity contribution in [3.63, 3.8) is 0 Å². The number of nitrogens with one attached hydrogen (secondary N) is 2. The molecule has 0 aromatic carbocycles. The summed E-state index contributed by atoms with van der Waals surface area (Å²) >= 11 is 0. The van der Waals surface area contributed by atoms with E-state index in [1.54, 1.807) is 6.33 Å². The van der Waals surface area contributed by atoms with E-state index in [1.807, 2.05) is 31.9 Å². The average Bonchev–Trinajstić information content (AvgIpc) is 3.12. The van der Waals surface area contributed by atoms with Crippen LogP contribution in [0, 0.1) is 0 Å². The maximum Gasteiger partial charge on any atom is 0.410 e. The van der Waals surface area contributed by atoms with Crippen LogP contribution in [0.15, 0.2) is 12.5 Å². The summed E-state index contributed by atoms with van der Waals surface area (Å²) in [5.41, 5.74) is 0.690. The standard InChI is InChI=1S/C20H37N5O2/c1-5-6-7-10-24(11-8-17-13-22-16-23-17)15-18-14-21-9-12-25(18)19(26)27-20(2,3)4/h13,16,18,21H,5-12,14-15H2,1-4H3,(H,22,23). The Morgan fingerprint density at radius 2 is 2.19 bits per heavy atom. The molecule has 2 rings (SSSR count). The van der Waals surface area contributed by atoms with Crippen molar-refractivity contribution in [3.05, 3.63) is 18.2 Å². The molecule has 0 bridgehead atoms. The Balaban J connectivity index is 1.96. The van der Waals surface area contributed by atoms with Crippen molar-refractivity contribution in [2.24, 2.45) is 0 Å². The number of imidazole rings is 1. The molecule has 1 aliphatic heterocycles. The third-order valence-corrected chi connectivity index (χ3v) is 4.78. The number of hydrogen-bond acceptors (Lipinski definition) is 5. The predicted octanol–water partition coefficient (Wildman–Crippen LogP) is 2.65. The summed E-state index contributed by atoms with van der Waals surface area (Å²) in [7, 11) is 0. The molecule has 1 saturated heterocycles. The molecule has 2 N–H and O–H groups in total. The van der Waals surface area contributed by atoms with Gasteiger partial charge >= 0.3 is 6.09 Å². The van der Waals surface area contributed by atoms with Gasteiger partial charge in [-0.05, 0) is 33.7 Å². The summed E-state index contributed by atoms with van der Waals surface area (Å²) in [4.78, 5) is 24.3. The monoisotopic (exact) mass is 379 g/mol. The molecule has 0 radical (unpaired) electrons. The third-order valence-electron chi connectivity index (χ3n) is 4.78. The molecule has 7 nitrogen and oxygen atoms in total. The Bertz CT molecular complexity index is 541. The maximum absolute atomic E-state index is 12.7. The molecule has 1 unspecified atom stereocenters. The quantitative estimate of drug-likeness (QED) is 0.645. The molecule has 1 aliphatic rings. The second-order valence-electron chi connectivity index (χ2n) is 8.37. The highest BCUT2D eigenvalue weighted by Gasteiger charge is 2.31. The second kappa shape index (κ2) is 10.7. The fourth-order valence-electron chi connectivity index (χ4n) is 3.36. The first-order valence-electron chi connectivity index (χ1n) is 10.3. The zero-order chi connectivity index (χ0) is 19.7. The summed E-state index contributed by atoms with van der Waals surface area (Å²) < 4.78 is 5.63. The maximum atomic E-state index is 12.7. The summed E-state index contributed by atoms with van der Waals surface area (Å²) in [5, 5.41) is 3.43. The van der Waals surface area contributed by atoms with E-state index in [1.165, 1.54) is 19.3 Å². The summed E-state index contributed by atoms with van der Waals surface area (Å²) in [6, 6.07) is 0.136. The first-order valence-corrected chi connectivity index (χ1v) is 10.3. The van der Waals surface area contributed by atoms with E-state index < -0.39 is 5.60 Å². The van der Waals surface area contributed by atoms with Gasteiger partial charge in [0.05, 0.1) is 12.4 Å². The van der Waals surface area contributed by atoms with Gasteiger partial charge in [-0.3, -0.25) is 0 Å². The van der Waals surface area contributed by atoms with Gasteiger partial charge in [0.15, 0.2) is 0 Å². The van der Waals surface area contributed by atoms with Crippen LogP contribution in [0.5, 0.6) is 0 Å². The molecular weight excluding hydrogens is 342 g/mol. The van der Waals surface area contributed by atoms with E-state index in [0.29, 0.717) is 6.54 Å². The molecule has 1 atom stereocenters. The van der Waals surface area contributed by atoms with Gasteiger partial charge in [0.1, 0.15) is 5.60 Å². The Labute approximate surface area is 163 Å². The highest BCUT2D eigenvalue weighted by atomic mass is 16.6. The van der Waals surface area contributed by atoms with E-state index >= 15 is 0 Å². The van der Waals surface area contributed by atoms with Crippen LogP contribution < -0.4 is 5.32 Å². The van der Waals surface area contributed by atoms with Crippen LogP contribution in [-0.4, -0.2) is 76.8 Å². The lowest BCUT2D eigenvalue weighted by Gasteiger charge is -2.39. The van der Waals surface area contributed by atoms with Gasteiger partial charge in [0.25, 0.3) is 0 Å². The number of carbonyl (C=O) groups is 1. The number of aromatic nitrogens is 2. The fraction of sp³-hybridized carbons (Fsp3) is 0.800. The first kappa shape index (κ1) is 21.7. The van der Waals surface area contributed by atoms with Gasteiger partial charge in [-0.15, -0.1) is 0 Å². The lowest BCUT2D eigenvalue weighted by Crippen LogP contribution is -2.58. The summed E-state index contributed by atoms with van der Waals surface area (Å²) in [6.07, 6.45) is 8.00. The molecule has 1 amide bonds. The van der Waals surface area contributed by atoms with Crippen LogP contribution in [0.1, 0.15) is 52.7 Å². The zero-order valence-electron chi connectivity index (χ0n) is 17.5. The molecule has 154 valence electrons. The van der Waals surface area contributed by atoms with E-state index in [0.717, 1.165) is 44.8 Å². The Morgan fingerprint density at radius 3 is 2.85 bits per heavy atom. The van der Waals surface area contributed by atoms with Gasteiger partial charge in [0.2, 0.25) is 0 Å². The topological polar surface area (TPSA) is 73.5 Å². The number of ether oxygens (including phenoxy) is 1. The lowest BCUT2D eigenvalue weighted by atomic mass is 10.1. The van der Waals surface area contributed by atoms with Crippen molar-refractivity contribution in [3.8, 4) is 0 Å². The minimum atomic E-state index is -0.464. The van der Waals surface area contributed by atoms with Crippen molar-refractivity contribution in [1.29, 1.82) is 0 Å². The van der Waals surface area contributed by atoms with Gasteiger partial charge in [-0.1, -0.05) is 19.8 Å². The molecular formula is C20H37N5O2. The second-order valence-corrected chi connectivity index (χ2v) is 8.37. The fourth-order valence-corrected chi connectivity index (χ4v) is 3.36. The number of nitrogens with zero attached hydrogens (tertiary/aromatic N) is 3. The van der Waals surface area contributed by atoms with Gasteiger partial charge < -0.3 is 24.8 Å². The molecule has 0 aliphatic carbocycles. The Hall–Kier alpha value is -1.60. The molecule has 0 spiro atoms. The van der Waals surface area contributed by atoms with Crippen LogP contribution in [-0.2, 0) is 11.2 Å². The average molecular weight is 380 g/mol. The normalized spacial score (nSPS) is 18.1. The number of rotatable bonds is 9. The molecule has 27 heavy (non-hydrogen) atoms. The van der Waals surface area contributed by atoms with Crippen molar-refractivity contribution in [2.45, 2.75) is 65.0 Å². The molecule has 2 heterocycles. The first-order chi connectivity index (χ1) is 12.9. The number of amides is 1. The number of unbranched alkanes of at least 4 members (excludes halogenated alkanes) is 2. The summed E-state index contributed by atoms with van der Waals surface area (Å²) in [5.74, 6) is 0. The van der Waals surface area contributed by atoms with Crippen molar-refractivity contribution in [2.75, 3.05) is 39.3 Å². The van der Waals surface area contributed by atoms with Gasteiger partial charge in [0, 0.05) is 51.0 Å². The van der Waals surface area contributed by atoms with Gasteiger partial charge in [-0.2, -0.15) is 0 Å². The third kappa shape index (κ3) is 7.89. The van der Waals surface area contributed by atoms with Crippen molar-refractivity contribution >= 4 is 6.09 Å². The van der Waals surface area contributed by atoms with E-state index in [4.69, 9.17) is 4.74 Å². The van der Waals surface area contributed by atoms with Crippen molar-refractivity contribution < 1.29 is 9.53 Å². The number of hydrogen-bond donors (Lipinski definition) is 2. The van der Waals surface area contributed by atoms with Gasteiger partial charge in [-0.25, -0.2) is 9.78 Å². The Morgan fingerprint density at radius 1 is 1.37 bits per heavy atom. The summed E-state index contributed by atoms with van der Waals surface area (Å²) in [6.45, 7) is 13.2. The number of piperazine rings is 1. The van der Waals surface area contributed by atoms with E-state index in [9.17, 15) is 4.79 Å².